The molecule has 106 valence electrons. The Morgan fingerprint density at radius 1 is 1.42 bits per heavy atom. The van der Waals surface area contributed by atoms with Crippen LogP contribution in [0.4, 0.5) is 5.13 Å². The summed E-state index contributed by atoms with van der Waals surface area (Å²) in [6.45, 7) is 9.10. The van der Waals surface area contributed by atoms with E-state index in [4.69, 9.17) is 0 Å². The van der Waals surface area contributed by atoms with Gasteiger partial charge in [-0.2, -0.15) is 0 Å². The van der Waals surface area contributed by atoms with E-state index in [0.29, 0.717) is 29.7 Å². The molecule has 1 saturated carbocycles. The maximum Gasteiger partial charge on any atom is 0.305 e. The van der Waals surface area contributed by atoms with E-state index >= 15 is 0 Å². The summed E-state index contributed by atoms with van der Waals surface area (Å²) in [5, 5.41) is 6.46. The SMILES string of the molecule is COC(=O)CCc1csc(NC2C(C)(C)C2(C)C)n1. The smallest absolute Gasteiger partial charge is 0.305 e. The van der Waals surface area contributed by atoms with Gasteiger partial charge < -0.3 is 10.1 Å². The predicted molar refractivity (Wildman–Crippen MR) is 77.4 cm³/mol. The molecule has 2 rings (SSSR count). The predicted octanol–water partition coefficient (Wildman–Crippen LogP) is 3.10. The lowest BCUT2D eigenvalue weighted by Gasteiger charge is -2.03. The second kappa shape index (κ2) is 4.78. The van der Waals surface area contributed by atoms with E-state index < -0.39 is 0 Å². The van der Waals surface area contributed by atoms with Crippen LogP contribution in [0.15, 0.2) is 5.38 Å². The van der Waals surface area contributed by atoms with Crippen molar-refractivity contribution < 1.29 is 9.53 Å². The molecule has 1 aliphatic rings. The first-order valence-electron chi connectivity index (χ1n) is 6.57. The number of methoxy groups -OCH3 is 1. The second-order valence-corrected chi connectivity index (χ2v) is 7.10. The minimum absolute atomic E-state index is 0.188. The number of hydrogen-bond donors (Lipinski definition) is 1. The Balaban J connectivity index is 1.90. The summed E-state index contributed by atoms with van der Waals surface area (Å²) in [6, 6.07) is 0.458. The topological polar surface area (TPSA) is 51.2 Å². The zero-order valence-corrected chi connectivity index (χ0v) is 13.1. The van der Waals surface area contributed by atoms with E-state index in [1.807, 2.05) is 5.38 Å². The van der Waals surface area contributed by atoms with Crippen LogP contribution in [-0.4, -0.2) is 24.1 Å². The fourth-order valence-corrected chi connectivity index (χ4v) is 3.28. The highest BCUT2D eigenvalue weighted by molar-refractivity contribution is 7.13. The van der Waals surface area contributed by atoms with Crippen LogP contribution in [0, 0.1) is 10.8 Å². The third-order valence-electron chi connectivity index (χ3n) is 4.65. The Labute approximate surface area is 118 Å². The summed E-state index contributed by atoms with van der Waals surface area (Å²) in [6.07, 6.45) is 1.03. The quantitative estimate of drug-likeness (QED) is 0.843. The van der Waals surface area contributed by atoms with Gasteiger partial charge in [-0.25, -0.2) is 4.98 Å². The van der Waals surface area contributed by atoms with Crippen molar-refractivity contribution in [2.45, 2.75) is 46.6 Å². The average molecular weight is 282 g/mol. The molecule has 1 N–H and O–H groups in total. The minimum atomic E-state index is -0.188. The van der Waals surface area contributed by atoms with Crippen molar-refractivity contribution in [1.29, 1.82) is 0 Å². The van der Waals surface area contributed by atoms with E-state index in [0.717, 1.165) is 10.8 Å². The molecule has 1 aliphatic carbocycles. The number of nitrogens with one attached hydrogen (secondary N) is 1. The molecule has 0 saturated heterocycles. The highest BCUT2D eigenvalue weighted by Crippen LogP contribution is 2.63. The average Bonchev–Trinajstić information content (AvgIpc) is 2.75. The van der Waals surface area contributed by atoms with Gasteiger partial charge >= 0.3 is 5.97 Å². The molecular formula is C14H22N2O2S. The van der Waals surface area contributed by atoms with Crippen molar-refractivity contribution in [3.63, 3.8) is 0 Å². The zero-order valence-electron chi connectivity index (χ0n) is 12.2. The molecule has 0 aliphatic heterocycles. The fourth-order valence-electron chi connectivity index (χ4n) is 2.50. The van der Waals surface area contributed by atoms with Crippen molar-refractivity contribution in [3.05, 3.63) is 11.1 Å². The van der Waals surface area contributed by atoms with Gasteiger partial charge in [0.15, 0.2) is 5.13 Å². The number of thiazole rings is 1. The second-order valence-electron chi connectivity index (χ2n) is 6.24. The summed E-state index contributed by atoms with van der Waals surface area (Å²) in [5.74, 6) is -0.188. The number of rotatable bonds is 5. The maximum absolute atomic E-state index is 11.1. The van der Waals surface area contributed by atoms with Gasteiger partial charge in [-0.3, -0.25) is 4.79 Å². The molecule has 0 bridgehead atoms. The first-order chi connectivity index (χ1) is 8.79. The number of nitrogens with zero attached hydrogens (tertiary/aromatic N) is 1. The summed E-state index contributed by atoms with van der Waals surface area (Å²) in [5.41, 5.74) is 1.55. The van der Waals surface area contributed by atoms with Crippen LogP contribution in [0.5, 0.6) is 0 Å². The van der Waals surface area contributed by atoms with Crippen LogP contribution in [0.2, 0.25) is 0 Å². The van der Waals surface area contributed by atoms with Gasteiger partial charge in [0.2, 0.25) is 0 Å². The number of aryl methyl sites for hydroxylation is 1. The fraction of sp³-hybridized carbons (Fsp3) is 0.714. The van der Waals surface area contributed by atoms with Gasteiger partial charge in [-0.05, 0) is 10.8 Å². The van der Waals surface area contributed by atoms with Gasteiger partial charge in [0.05, 0.1) is 19.2 Å². The number of carbonyl (C=O) groups excluding carboxylic acids is 1. The standard InChI is InChI=1S/C14H22N2O2S/c1-13(2)11(14(13,3)4)16-12-15-9(8-19-12)6-7-10(17)18-5/h8,11H,6-7H2,1-5H3,(H,15,16). The Hall–Kier alpha value is -1.10. The molecule has 0 amide bonds. The van der Waals surface area contributed by atoms with Crippen LogP contribution in [-0.2, 0) is 16.0 Å². The summed E-state index contributed by atoms with van der Waals surface area (Å²) < 4.78 is 4.63. The van der Waals surface area contributed by atoms with Gasteiger partial charge in [-0.15, -0.1) is 11.3 Å². The van der Waals surface area contributed by atoms with Crippen molar-refractivity contribution in [3.8, 4) is 0 Å². The summed E-state index contributed by atoms with van der Waals surface area (Å²) in [4.78, 5) is 15.6. The third kappa shape index (κ3) is 2.61. The van der Waals surface area contributed by atoms with Crippen molar-refractivity contribution in [1.82, 2.24) is 4.98 Å². The molecule has 0 aromatic carbocycles. The lowest BCUT2D eigenvalue weighted by molar-refractivity contribution is -0.140. The van der Waals surface area contributed by atoms with Gasteiger partial charge in [0.25, 0.3) is 0 Å². The number of anilines is 1. The number of ether oxygens (including phenoxy) is 1. The molecule has 0 atom stereocenters. The largest absolute Gasteiger partial charge is 0.469 e. The van der Waals surface area contributed by atoms with Crippen LogP contribution in [0.25, 0.3) is 0 Å². The van der Waals surface area contributed by atoms with Gasteiger partial charge in [-0.1, -0.05) is 27.7 Å². The van der Waals surface area contributed by atoms with Crippen LogP contribution >= 0.6 is 11.3 Å². The molecule has 0 radical (unpaired) electrons. The maximum atomic E-state index is 11.1. The van der Waals surface area contributed by atoms with Crippen molar-refractivity contribution in [2.24, 2.45) is 10.8 Å². The first-order valence-corrected chi connectivity index (χ1v) is 7.44. The molecule has 19 heavy (non-hydrogen) atoms. The Morgan fingerprint density at radius 2 is 2.05 bits per heavy atom. The number of carbonyl (C=O) groups is 1. The third-order valence-corrected chi connectivity index (χ3v) is 5.48. The molecular weight excluding hydrogens is 260 g/mol. The van der Waals surface area contributed by atoms with E-state index in [-0.39, 0.29) is 5.97 Å². The lowest BCUT2D eigenvalue weighted by atomic mass is 10.0. The lowest BCUT2D eigenvalue weighted by Crippen LogP contribution is -2.09. The van der Waals surface area contributed by atoms with Crippen molar-refractivity contribution >= 4 is 22.4 Å². The molecule has 4 nitrogen and oxygen atoms in total. The number of esters is 1. The Morgan fingerprint density at radius 3 is 2.58 bits per heavy atom. The Bertz CT molecular complexity index is 466. The van der Waals surface area contributed by atoms with E-state index in [1.54, 1.807) is 11.3 Å². The molecule has 1 fully saturated rings. The van der Waals surface area contributed by atoms with E-state index in [2.05, 4.69) is 42.7 Å². The van der Waals surface area contributed by atoms with Crippen molar-refractivity contribution in [2.75, 3.05) is 12.4 Å². The molecule has 5 heteroatoms. The zero-order chi connectivity index (χ0) is 14.3. The number of hydrogen-bond acceptors (Lipinski definition) is 5. The molecule has 0 spiro atoms. The van der Waals surface area contributed by atoms with Gasteiger partial charge in [0.1, 0.15) is 0 Å². The minimum Gasteiger partial charge on any atom is -0.469 e. The summed E-state index contributed by atoms with van der Waals surface area (Å²) >= 11 is 1.60. The molecule has 1 aromatic rings. The molecule has 1 heterocycles. The van der Waals surface area contributed by atoms with Crippen LogP contribution in [0.3, 0.4) is 0 Å². The monoisotopic (exact) mass is 282 g/mol. The molecule has 0 unspecified atom stereocenters. The Kier molecular flexibility index (Phi) is 3.60. The number of aromatic nitrogens is 1. The van der Waals surface area contributed by atoms with Gasteiger partial charge in [0, 0.05) is 17.8 Å². The highest BCUT2D eigenvalue weighted by atomic mass is 32.1. The van der Waals surface area contributed by atoms with E-state index in [1.165, 1.54) is 7.11 Å². The highest BCUT2D eigenvalue weighted by Gasteiger charge is 2.65. The van der Waals surface area contributed by atoms with Crippen LogP contribution < -0.4 is 5.32 Å². The first kappa shape index (κ1) is 14.3. The summed E-state index contributed by atoms with van der Waals surface area (Å²) in [7, 11) is 1.41. The van der Waals surface area contributed by atoms with Crippen LogP contribution in [0.1, 0.15) is 39.8 Å². The normalized spacial score (nSPS) is 20.1. The van der Waals surface area contributed by atoms with E-state index in [9.17, 15) is 4.79 Å². The molecule has 1 aromatic heterocycles.